The summed E-state index contributed by atoms with van der Waals surface area (Å²) in [4.78, 5) is 0. The van der Waals surface area contributed by atoms with Gasteiger partial charge in [-0.25, -0.2) is 17.6 Å². The molecule has 3 rings (SSSR count). The first kappa shape index (κ1) is 20.7. The van der Waals surface area contributed by atoms with Crippen LogP contribution < -0.4 is 0 Å². The highest BCUT2D eigenvalue weighted by Gasteiger charge is 2.12. The molecule has 0 amide bonds. The van der Waals surface area contributed by atoms with Crippen LogP contribution in [-0.2, 0) is 12.8 Å². The third-order valence-corrected chi connectivity index (χ3v) is 4.69. The number of halogens is 4. The first-order valence-corrected chi connectivity index (χ1v) is 9.51. The minimum atomic E-state index is -0.879. The molecule has 0 heterocycles. The van der Waals surface area contributed by atoms with E-state index < -0.39 is 34.4 Å². The predicted octanol–water partition coefficient (Wildman–Crippen LogP) is 6.82. The van der Waals surface area contributed by atoms with Gasteiger partial charge in [0.2, 0.25) is 0 Å². The van der Waals surface area contributed by atoms with Crippen molar-refractivity contribution in [3.8, 4) is 23.0 Å². The number of hydrogen-bond acceptors (Lipinski definition) is 0. The fourth-order valence-electron chi connectivity index (χ4n) is 3.09. The molecule has 0 bridgehead atoms. The third kappa shape index (κ3) is 4.68. The molecule has 0 aromatic heterocycles. The third-order valence-electron chi connectivity index (χ3n) is 4.69. The molecule has 3 aromatic rings. The first-order valence-electron chi connectivity index (χ1n) is 9.51. The van der Waals surface area contributed by atoms with Crippen LogP contribution in [0.3, 0.4) is 0 Å². The Morgan fingerprint density at radius 3 is 1.55 bits per heavy atom. The summed E-state index contributed by atoms with van der Waals surface area (Å²) < 4.78 is 57.1. The van der Waals surface area contributed by atoms with Crippen LogP contribution >= 0.6 is 0 Å². The standard InChI is InChI=1S/C25H20F4/c1-3-5-17-6-8-18(9-7-17)19-14-24(28)21(25(29)15-19)11-10-20-22(26)12-16(4-2)13-23(20)27/h6-9,12-15H,3-5H2,1-2H3. The van der Waals surface area contributed by atoms with Crippen LogP contribution in [0.2, 0.25) is 0 Å². The number of hydrogen-bond donors (Lipinski definition) is 0. The van der Waals surface area contributed by atoms with E-state index in [-0.39, 0.29) is 0 Å². The molecule has 0 spiro atoms. The van der Waals surface area contributed by atoms with Crippen molar-refractivity contribution in [1.29, 1.82) is 0 Å². The maximum Gasteiger partial charge on any atom is 0.142 e. The van der Waals surface area contributed by atoms with Gasteiger partial charge in [0.1, 0.15) is 23.3 Å². The van der Waals surface area contributed by atoms with E-state index in [0.29, 0.717) is 23.1 Å². The second-order valence-electron chi connectivity index (χ2n) is 6.80. The fourth-order valence-corrected chi connectivity index (χ4v) is 3.09. The lowest BCUT2D eigenvalue weighted by Gasteiger charge is -2.06. The molecule has 0 aliphatic rings. The fraction of sp³-hybridized carbons (Fsp3) is 0.200. The quantitative estimate of drug-likeness (QED) is 0.335. The highest BCUT2D eigenvalue weighted by molar-refractivity contribution is 5.65. The van der Waals surface area contributed by atoms with Crippen LogP contribution in [0.5, 0.6) is 0 Å². The monoisotopic (exact) mass is 396 g/mol. The number of rotatable bonds is 4. The molecular weight excluding hydrogens is 376 g/mol. The van der Waals surface area contributed by atoms with E-state index in [2.05, 4.69) is 18.8 Å². The van der Waals surface area contributed by atoms with E-state index >= 15 is 0 Å². The van der Waals surface area contributed by atoms with Crippen LogP contribution in [0.1, 0.15) is 42.5 Å². The van der Waals surface area contributed by atoms with Gasteiger partial charge in [0, 0.05) is 0 Å². The lowest BCUT2D eigenvalue weighted by atomic mass is 10.0. The molecule has 0 radical (unpaired) electrons. The predicted molar refractivity (Wildman–Crippen MR) is 108 cm³/mol. The van der Waals surface area contributed by atoms with E-state index in [1.807, 2.05) is 24.3 Å². The zero-order valence-corrected chi connectivity index (χ0v) is 16.3. The summed E-state index contributed by atoms with van der Waals surface area (Å²) in [6, 6.07) is 12.2. The Kier molecular flexibility index (Phi) is 6.39. The summed E-state index contributed by atoms with van der Waals surface area (Å²) in [7, 11) is 0. The van der Waals surface area contributed by atoms with Gasteiger partial charge in [-0.15, -0.1) is 0 Å². The Morgan fingerprint density at radius 2 is 1.10 bits per heavy atom. The van der Waals surface area contributed by atoms with Crippen LogP contribution in [0.15, 0.2) is 48.5 Å². The minimum absolute atomic E-state index is 0.373. The van der Waals surface area contributed by atoms with Crippen LogP contribution in [0.25, 0.3) is 11.1 Å². The molecule has 0 N–H and O–H groups in total. The van der Waals surface area contributed by atoms with Gasteiger partial charge in [0.15, 0.2) is 0 Å². The molecule has 0 nitrogen and oxygen atoms in total. The summed E-state index contributed by atoms with van der Waals surface area (Å²) in [5.41, 5.74) is 1.66. The Bertz CT molecular complexity index is 1040. The molecule has 0 fully saturated rings. The maximum absolute atomic E-state index is 14.5. The molecule has 0 aliphatic carbocycles. The molecule has 148 valence electrons. The van der Waals surface area contributed by atoms with E-state index in [9.17, 15) is 17.6 Å². The van der Waals surface area contributed by atoms with Crippen LogP contribution in [0.4, 0.5) is 17.6 Å². The highest BCUT2D eigenvalue weighted by Crippen LogP contribution is 2.25. The molecule has 29 heavy (non-hydrogen) atoms. The SMILES string of the molecule is CCCc1ccc(-c2cc(F)c(C#Cc3c(F)cc(CC)cc3F)c(F)c2)cc1. The summed E-state index contributed by atoms with van der Waals surface area (Å²) in [5, 5.41) is 0. The Labute approximate surface area is 168 Å². The summed E-state index contributed by atoms with van der Waals surface area (Å²) in [6.45, 7) is 3.84. The van der Waals surface area contributed by atoms with Crippen molar-refractivity contribution in [2.75, 3.05) is 0 Å². The molecule has 0 aliphatic heterocycles. The molecule has 3 aromatic carbocycles. The van der Waals surface area contributed by atoms with Gasteiger partial charge >= 0.3 is 0 Å². The second kappa shape index (κ2) is 8.96. The summed E-state index contributed by atoms with van der Waals surface area (Å²) in [6.07, 6.45) is 2.41. The zero-order chi connectivity index (χ0) is 21.0. The van der Waals surface area contributed by atoms with Crippen molar-refractivity contribution in [1.82, 2.24) is 0 Å². The summed E-state index contributed by atoms with van der Waals surface area (Å²) in [5.74, 6) is 1.02. The van der Waals surface area contributed by atoms with Crippen molar-refractivity contribution in [2.24, 2.45) is 0 Å². The van der Waals surface area contributed by atoms with Crippen LogP contribution in [0, 0.1) is 35.1 Å². The zero-order valence-electron chi connectivity index (χ0n) is 16.3. The molecule has 0 atom stereocenters. The lowest BCUT2D eigenvalue weighted by molar-refractivity contribution is 0.573. The van der Waals surface area contributed by atoms with Gasteiger partial charge in [-0.3, -0.25) is 0 Å². The second-order valence-corrected chi connectivity index (χ2v) is 6.80. The number of benzene rings is 3. The van der Waals surface area contributed by atoms with Gasteiger partial charge in [0.05, 0.1) is 11.1 Å². The Hall–Kier alpha value is -3.06. The van der Waals surface area contributed by atoms with E-state index in [1.54, 1.807) is 6.92 Å². The summed E-state index contributed by atoms with van der Waals surface area (Å²) >= 11 is 0. The topological polar surface area (TPSA) is 0 Å². The van der Waals surface area contributed by atoms with E-state index in [0.717, 1.165) is 18.4 Å². The Balaban J connectivity index is 1.95. The first-order chi connectivity index (χ1) is 13.9. The van der Waals surface area contributed by atoms with Gasteiger partial charge < -0.3 is 0 Å². The molecule has 0 saturated carbocycles. The molecule has 0 saturated heterocycles. The van der Waals surface area contributed by atoms with Gasteiger partial charge in [-0.2, -0.15) is 0 Å². The van der Waals surface area contributed by atoms with E-state index in [1.165, 1.54) is 24.3 Å². The molecule has 4 heteroatoms. The van der Waals surface area contributed by atoms with Gasteiger partial charge in [0.25, 0.3) is 0 Å². The van der Waals surface area contributed by atoms with Crippen molar-refractivity contribution >= 4 is 0 Å². The molecular formula is C25H20F4. The average molecular weight is 396 g/mol. The largest absolute Gasteiger partial charge is 0.206 e. The molecule has 0 unspecified atom stereocenters. The highest BCUT2D eigenvalue weighted by atomic mass is 19.1. The van der Waals surface area contributed by atoms with Crippen LogP contribution in [-0.4, -0.2) is 0 Å². The minimum Gasteiger partial charge on any atom is -0.206 e. The average Bonchev–Trinajstić information content (AvgIpc) is 2.69. The normalized spacial score (nSPS) is 10.6. The van der Waals surface area contributed by atoms with Crippen molar-refractivity contribution in [3.63, 3.8) is 0 Å². The van der Waals surface area contributed by atoms with Gasteiger partial charge in [-0.05, 0) is 59.4 Å². The van der Waals surface area contributed by atoms with Crippen molar-refractivity contribution in [3.05, 3.63) is 94.1 Å². The van der Waals surface area contributed by atoms with Crippen molar-refractivity contribution in [2.45, 2.75) is 33.1 Å². The maximum atomic E-state index is 14.5. The lowest BCUT2D eigenvalue weighted by Crippen LogP contribution is -1.96. The van der Waals surface area contributed by atoms with E-state index in [4.69, 9.17) is 0 Å². The van der Waals surface area contributed by atoms with Crippen molar-refractivity contribution < 1.29 is 17.6 Å². The smallest absolute Gasteiger partial charge is 0.142 e. The number of aryl methyl sites for hydroxylation is 2. The Morgan fingerprint density at radius 1 is 0.621 bits per heavy atom. The van der Waals surface area contributed by atoms with Gasteiger partial charge in [-0.1, -0.05) is 56.4 Å².